The molecule has 2 rings (SSSR count). The zero-order valence-corrected chi connectivity index (χ0v) is 16.2. The largest absolute Gasteiger partial charge is 0.394 e. The predicted octanol–water partition coefficient (Wildman–Crippen LogP) is -0.554. The second kappa shape index (κ2) is 10.5. The van der Waals surface area contributed by atoms with Crippen LogP contribution < -0.4 is 16.0 Å². The number of amides is 4. The molecule has 2 saturated heterocycles. The van der Waals surface area contributed by atoms with E-state index in [2.05, 4.69) is 16.0 Å². The summed E-state index contributed by atoms with van der Waals surface area (Å²) in [5.74, 6) is -0.363. The molecule has 0 aliphatic carbocycles. The number of nitrogens with zero attached hydrogens (tertiary/aromatic N) is 1. The van der Waals surface area contributed by atoms with Gasteiger partial charge in [-0.25, -0.2) is 4.79 Å². The average Bonchev–Trinajstić information content (AvgIpc) is 3.05. The Morgan fingerprint density at radius 3 is 2.56 bits per heavy atom. The van der Waals surface area contributed by atoms with Crippen LogP contribution in [0, 0.1) is 11.8 Å². The van der Waals surface area contributed by atoms with Crippen molar-refractivity contribution in [2.75, 3.05) is 39.5 Å². The lowest BCUT2D eigenvalue weighted by molar-refractivity contribution is -0.126. The normalized spacial score (nSPS) is 22.3. The molecule has 0 spiro atoms. The molecule has 2 aliphatic heterocycles. The summed E-state index contributed by atoms with van der Waals surface area (Å²) in [5, 5.41) is 18.0. The molecule has 0 bridgehead atoms. The fraction of sp³-hybridized carbons (Fsp3) is 0.833. The number of rotatable bonds is 8. The van der Waals surface area contributed by atoms with Crippen LogP contribution in [-0.2, 0) is 14.3 Å². The molecule has 2 fully saturated rings. The Morgan fingerprint density at radius 1 is 1.30 bits per heavy atom. The number of carbonyl (C=O) groups excluding carboxylic acids is 3. The highest BCUT2D eigenvalue weighted by Gasteiger charge is 2.30. The van der Waals surface area contributed by atoms with E-state index in [1.165, 1.54) is 0 Å². The van der Waals surface area contributed by atoms with Crippen molar-refractivity contribution in [3.05, 3.63) is 0 Å². The number of nitrogens with one attached hydrogen (secondary N) is 3. The highest BCUT2D eigenvalue weighted by molar-refractivity contribution is 5.87. The van der Waals surface area contributed by atoms with Crippen LogP contribution in [0.3, 0.4) is 0 Å². The van der Waals surface area contributed by atoms with Gasteiger partial charge in [0.25, 0.3) is 0 Å². The van der Waals surface area contributed by atoms with Gasteiger partial charge in [0.1, 0.15) is 6.04 Å². The van der Waals surface area contributed by atoms with E-state index in [0.717, 1.165) is 0 Å². The lowest BCUT2D eigenvalue weighted by atomic mass is 9.97. The number of morpholine rings is 1. The van der Waals surface area contributed by atoms with E-state index in [1.54, 1.807) is 4.90 Å². The molecule has 1 unspecified atom stereocenters. The molecule has 0 aromatic carbocycles. The van der Waals surface area contributed by atoms with Crippen molar-refractivity contribution in [2.24, 2.45) is 11.8 Å². The van der Waals surface area contributed by atoms with E-state index in [1.807, 2.05) is 13.8 Å². The first-order valence-corrected chi connectivity index (χ1v) is 9.72. The second-order valence-electron chi connectivity index (χ2n) is 7.63. The number of ether oxygens (including phenoxy) is 1. The fourth-order valence-corrected chi connectivity index (χ4v) is 3.40. The van der Waals surface area contributed by atoms with E-state index in [9.17, 15) is 19.5 Å². The molecule has 0 radical (unpaired) electrons. The Morgan fingerprint density at radius 2 is 2.00 bits per heavy atom. The summed E-state index contributed by atoms with van der Waals surface area (Å²) < 4.78 is 5.24. The van der Waals surface area contributed by atoms with E-state index in [0.29, 0.717) is 52.1 Å². The van der Waals surface area contributed by atoms with Gasteiger partial charge in [0.15, 0.2) is 0 Å². The van der Waals surface area contributed by atoms with Gasteiger partial charge in [0.2, 0.25) is 11.8 Å². The van der Waals surface area contributed by atoms with Crippen molar-refractivity contribution < 1.29 is 24.2 Å². The first kappa shape index (κ1) is 21.4. The minimum Gasteiger partial charge on any atom is -0.394 e. The van der Waals surface area contributed by atoms with Crippen molar-refractivity contribution in [3.63, 3.8) is 0 Å². The summed E-state index contributed by atoms with van der Waals surface area (Å²) in [5.41, 5.74) is 0. The van der Waals surface area contributed by atoms with Gasteiger partial charge >= 0.3 is 6.03 Å². The highest BCUT2D eigenvalue weighted by Crippen LogP contribution is 2.16. The van der Waals surface area contributed by atoms with Crippen LogP contribution >= 0.6 is 0 Å². The number of carbonyl (C=O) groups is 3. The van der Waals surface area contributed by atoms with Crippen molar-refractivity contribution in [1.29, 1.82) is 0 Å². The highest BCUT2D eigenvalue weighted by atomic mass is 16.5. The number of hydrogen-bond acceptors (Lipinski definition) is 5. The van der Waals surface area contributed by atoms with Crippen LogP contribution in [-0.4, -0.2) is 79.4 Å². The zero-order chi connectivity index (χ0) is 19.8. The molecule has 154 valence electrons. The summed E-state index contributed by atoms with van der Waals surface area (Å²) >= 11 is 0. The van der Waals surface area contributed by atoms with E-state index in [4.69, 9.17) is 4.74 Å². The smallest absolute Gasteiger partial charge is 0.318 e. The Hall–Kier alpha value is -1.87. The molecule has 2 heterocycles. The van der Waals surface area contributed by atoms with Crippen LogP contribution in [0.2, 0.25) is 0 Å². The van der Waals surface area contributed by atoms with Crippen LogP contribution in [0.5, 0.6) is 0 Å². The molecular weight excluding hydrogens is 352 g/mol. The number of hydrogen-bond donors (Lipinski definition) is 4. The number of aliphatic hydroxyl groups excluding tert-OH is 1. The monoisotopic (exact) mass is 384 g/mol. The Labute approximate surface area is 160 Å². The third-order valence-corrected chi connectivity index (χ3v) is 4.92. The molecule has 27 heavy (non-hydrogen) atoms. The van der Waals surface area contributed by atoms with Gasteiger partial charge < -0.3 is 30.7 Å². The topological polar surface area (TPSA) is 120 Å². The first-order valence-electron chi connectivity index (χ1n) is 9.72. The lowest BCUT2D eigenvalue weighted by Crippen LogP contribution is -2.55. The van der Waals surface area contributed by atoms with E-state index < -0.39 is 12.1 Å². The molecule has 4 N–H and O–H groups in total. The van der Waals surface area contributed by atoms with Crippen molar-refractivity contribution >= 4 is 17.8 Å². The standard InChI is InChI=1S/C18H32N4O5/c1-12(2)9-15(21-18(26)22-5-7-27-8-6-22)17(25)20-14(11-23)10-13-3-4-19-16(13)24/h12-15,23H,3-11H2,1-2H3,(H,19,24)(H,20,25)(H,21,26)/t13?,14-,15-/m0/s1. The molecule has 2 aliphatic rings. The summed E-state index contributed by atoms with van der Waals surface area (Å²) in [6.07, 6.45) is 1.58. The van der Waals surface area contributed by atoms with Gasteiger partial charge in [0, 0.05) is 25.6 Å². The maximum atomic E-state index is 12.7. The second-order valence-corrected chi connectivity index (χ2v) is 7.63. The van der Waals surface area contributed by atoms with E-state index in [-0.39, 0.29) is 36.3 Å². The van der Waals surface area contributed by atoms with Gasteiger partial charge in [-0.2, -0.15) is 0 Å². The predicted molar refractivity (Wildman–Crippen MR) is 98.9 cm³/mol. The zero-order valence-electron chi connectivity index (χ0n) is 16.2. The number of urea groups is 1. The molecule has 9 heteroatoms. The first-order chi connectivity index (χ1) is 12.9. The van der Waals surface area contributed by atoms with Gasteiger partial charge in [0.05, 0.1) is 25.9 Å². The van der Waals surface area contributed by atoms with Crippen LogP contribution in [0.15, 0.2) is 0 Å². The Bertz CT molecular complexity index is 522. The van der Waals surface area contributed by atoms with Crippen LogP contribution in [0.4, 0.5) is 4.79 Å². The average molecular weight is 384 g/mol. The van der Waals surface area contributed by atoms with Crippen molar-refractivity contribution in [1.82, 2.24) is 20.9 Å². The van der Waals surface area contributed by atoms with Crippen LogP contribution in [0.25, 0.3) is 0 Å². The molecule has 0 aromatic rings. The van der Waals surface area contributed by atoms with Crippen molar-refractivity contribution in [2.45, 2.75) is 45.2 Å². The van der Waals surface area contributed by atoms with Gasteiger partial charge in [-0.15, -0.1) is 0 Å². The van der Waals surface area contributed by atoms with Gasteiger partial charge in [-0.1, -0.05) is 13.8 Å². The minimum absolute atomic E-state index is 0.0398. The Balaban J connectivity index is 1.93. The quantitative estimate of drug-likeness (QED) is 0.447. The lowest BCUT2D eigenvalue weighted by Gasteiger charge is -2.30. The molecular formula is C18H32N4O5. The van der Waals surface area contributed by atoms with Gasteiger partial charge in [-0.3, -0.25) is 9.59 Å². The maximum Gasteiger partial charge on any atom is 0.318 e. The molecule has 3 atom stereocenters. The van der Waals surface area contributed by atoms with E-state index >= 15 is 0 Å². The fourth-order valence-electron chi connectivity index (χ4n) is 3.40. The third kappa shape index (κ3) is 6.66. The molecule has 4 amide bonds. The molecule has 0 aromatic heterocycles. The summed E-state index contributed by atoms with van der Waals surface area (Å²) in [6.45, 7) is 6.31. The molecule has 0 saturated carbocycles. The van der Waals surface area contributed by atoms with Crippen molar-refractivity contribution in [3.8, 4) is 0 Å². The summed E-state index contributed by atoms with van der Waals surface area (Å²) in [6, 6.07) is -1.48. The SMILES string of the molecule is CC(C)C[C@H](NC(=O)N1CCOCC1)C(=O)N[C@H](CO)CC1CCNC1=O. The summed E-state index contributed by atoms with van der Waals surface area (Å²) in [7, 11) is 0. The Kier molecular flexibility index (Phi) is 8.30. The third-order valence-electron chi connectivity index (χ3n) is 4.92. The molecule has 9 nitrogen and oxygen atoms in total. The number of aliphatic hydroxyl groups is 1. The van der Waals surface area contributed by atoms with Crippen LogP contribution in [0.1, 0.15) is 33.1 Å². The maximum absolute atomic E-state index is 12.7. The van der Waals surface area contributed by atoms with Gasteiger partial charge in [-0.05, 0) is 25.2 Å². The minimum atomic E-state index is -0.688. The summed E-state index contributed by atoms with van der Waals surface area (Å²) in [4.78, 5) is 38.6.